The van der Waals surface area contributed by atoms with Crippen LogP contribution in [0.4, 0.5) is 0 Å². The number of aliphatic hydroxyl groups is 1. The molecular formula is C33H44N4O5. The van der Waals surface area contributed by atoms with Crippen LogP contribution in [0.15, 0.2) is 48.5 Å². The summed E-state index contributed by atoms with van der Waals surface area (Å²) in [5, 5.41) is 20.5. The van der Waals surface area contributed by atoms with Gasteiger partial charge in [-0.25, -0.2) is 0 Å². The lowest BCUT2D eigenvalue weighted by atomic mass is 9.94. The fraction of sp³-hybridized carbons (Fsp3) is 0.545. The molecule has 3 aliphatic rings. The number of benzene rings is 2. The number of ether oxygens (including phenoxy) is 1. The zero-order chi connectivity index (χ0) is 29.9. The van der Waals surface area contributed by atoms with Crippen molar-refractivity contribution >= 4 is 17.7 Å². The number of amides is 3. The van der Waals surface area contributed by atoms with E-state index in [2.05, 4.69) is 34.1 Å². The van der Waals surface area contributed by atoms with E-state index in [0.29, 0.717) is 19.5 Å². The summed E-state index contributed by atoms with van der Waals surface area (Å²) < 4.78 is 6.49. The predicted octanol–water partition coefficient (Wildman–Crippen LogP) is 2.14. The third-order valence-electron chi connectivity index (χ3n) is 8.61. The van der Waals surface area contributed by atoms with Gasteiger partial charge in [0.1, 0.15) is 23.9 Å². The number of fused-ring (bicyclic) bond motifs is 1. The Morgan fingerprint density at radius 3 is 2.36 bits per heavy atom. The minimum atomic E-state index is -1.55. The first-order chi connectivity index (χ1) is 20.1. The molecule has 226 valence electrons. The second kappa shape index (κ2) is 12.8. The summed E-state index contributed by atoms with van der Waals surface area (Å²) in [6, 6.07) is 13.2. The molecule has 2 aromatic rings. The fourth-order valence-corrected chi connectivity index (χ4v) is 6.25. The van der Waals surface area contributed by atoms with E-state index < -0.39 is 29.6 Å². The summed E-state index contributed by atoms with van der Waals surface area (Å²) in [7, 11) is 1.56. The zero-order valence-electron chi connectivity index (χ0n) is 24.9. The third kappa shape index (κ3) is 7.13. The molecule has 0 radical (unpaired) electrons. The molecule has 42 heavy (non-hydrogen) atoms. The number of aryl methyl sites for hydroxylation is 2. The molecule has 4 atom stereocenters. The Kier molecular flexibility index (Phi) is 9.18. The van der Waals surface area contributed by atoms with Gasteiger partial charge >= 0.3 is 0 Å². The smallest absolute Gasteiger partial charge is 0.246 e. The summed E-state index contributed by atoms with van der Waals surface area (Å²) in [5.74, 6) is -0.0328. The largest absolute Gasteiger partial charge is 0.489 e. The maximum Gasteiger partial charge on any atom is 0.246 e. The molecule has 0 aromatic heterocycles. The predicted molar refractivity (Wildman–Crippen MR) is 160 cm³/mol. The number of carbonyl (C=O) groups excluding carboxylic acids is 3. The number of para-hydroxylation sites is 1. The molecule has 4 N–H and O–H groups in total. The van der Waals surface area contributed by atoms with Crippen LogP contribution in [0, 0.1) is 5.92 Å². The standard InChI is InChI=1S/C33H44N4O5/c1-33(2,41)29-31(39)36-26(19-21-9-5-4-6-10-21)30(38)34-18-8-13-23-11-7-12-24-16-17-25(42-28(23)24)20-35-27(22-14-15-22)32(40)37(29)3/h4-7,9-12,22,25-27,29,35,41H,8,13-20H2,1-3H3,(H,34,38)(H,36,39)/t25?,26-,27+,29-/m1/s1. The number of nitrogens with zero attached hydrogens (tertiary/aromatic N) is 1. The molecule has 1 saturated carbocycles. The summed E-state index contributed by atoms with van der Waals surface area (Å²) in [6.07, 6.45) is 5.26. The first-order valence-corrected chi connectivity index (χ1v) is 15.2. The molecule has 2 heterocycles. The van der Waals surface area contributed by atoms with Crippen molar-refractivity contribution < 1.29 is 24.2 Å². The van der Waals surface area contributed by atoms with Gasteiger partial charge in [0.15, 0.2) is 0 Å². The maximum absolute atomic E-state index is 13.9. The highest BCUT2D eigenvalue weighted by Crippen LogP contribution is 2.35. The average molecular weight is 577 g/mol. The Hall–Kier alpha value is -3.43. The van der Waals surface area contributed by atoms with Crippen LogP contribution in [0.25, 0.3) is 0 Å². The van der Waals surface area contributed by atoms with E-state index in [-0.39, 0.29) is 30.3 Å². The van der Waals surface area contributed by atoms with Gasteiger partial charge in [-0.3, -0.25) is 14.4 Å². The first-order valence-electron chi connectivity index (χ1n) is 15.2. The van der Waals surface area contributed by atoms with Gasteiger partial charge in [0, 0.05) is 26.6 Å². The van der Waals surface area contributed by atoms with Gasteiger partial charge in [-0.2, -0.15) is 0 Å². The number of hydrogen-bond acceptors (Lipinski definition) is 6. The van der Waals surface area contributed by atoms with Gasteiger partial charge < -0.3 is 30.7 Å². The molecule has 3 amide bonds. The van der Waals surface area contributed by atoms with E-state index in [1.165, 1.54) is 24.3 Å². The van der Waals surface area contributed by atoms with Crippen molar-refractivity contribution in [3.63, 3.8) is 0 Å². The minimum absolute atomic E-state index is 0.0799. The fourth-order valence-electron chi connectivity index (χ4n) is 6.25. The lowest BCUT2D eigenvalue weighted by Gasteiger charge is -2.38. The molecule has 1 unspecified atom stereocenters. The van der Waals surface area contributed by atoms with Crippen molar-refractivity contribution in [1.29, 1.82) is 0 Å². The zero-order valence-corrected chi connectivity index (χ0v) is 24.9. The van der Waals surface area contributed by atoms with Crippen molar-refractivity contribution in [1.82, 2.24) is 20.9 Å². The second-order valence-corrected chi connectivity index (χ2v) is 12.6. The van der Waals surface area contributed by atoms with Gasteiger partial charge in [0.25, 0.3) is 0 Å². The van der Waals surface area contributed by atoms with Crippen molar-refractivity contribution in [2.75, 3.05) is 20.1 Å². The Morgan fingerprint density at radius 2 is 1.67 bits per heavy atom. The summed E-state index contributed by atoms with van der Waals surface area (Å²) in [6.45, 7) is 3.99. The lowest BCUT2D eigenvalue weighted by molar-refractivity contribution is -0.150. The Morgan fingerprint density at radius 1 is 0.952 bits per heavy atom. The molecule has 0 saturated heterocycles. The van der Waals surface area contributed by atoms with Gasteiger partial charge in [0.05, 0.1) is 11.6 Å². The Balaban J connectivity index is 1.45. The Bertz CT molecular complexity index is 1270. The van der Waals surface area contributed by atoms with Gasteiger partial charge in [0.2, 0.25) is 17.7 Å². The normalized spacial score (nSPS) is 26.4. The monoisotopic (exact) mass is 576 g/mol. The average Bonchev–Trinajstić information content (AvgIpc) is 3.80. The van der Waals surface area contributed by atoms with Crippen LogP contribution in [0.3, 0.4) is 0 Å². The van der Waals surface area contributed by atoms with Crippen LogP contribution in [0.5, 0.6) is 5.75 Å². The molecular weight excluding hydrogens is 532 g/mol. The van der Waals surface area contributed by atoms with Crippen LogP contribution < -0.4 is 20.7 Å². The van der Waals surface area contributed by atoms with E-state index in [4.69, 9.17) is 4.74 Å². The SMILES string of the molecule is CN1C(=O)[C@H](C2CC2)NCC2CCc3cccc(c3O2)CCCNC(=O)[C@@H](Cc2ccccc2)NC(=O)[C@@H]1C(C)(C)O. The molecule has 2 aliphatic heterocycles. The van der Waals surface area contributed by atoms with Crippen LogP contribution in [0.2, 0.25) is 0 Å². The van der Waals surface area contributed by atoms with Crippen molar-refractivity contribution in [2.24, 2.45) is 5.92 Å². The highest BCUT2D eigenvalue weighted by atomic mass is 16.5. The molecule has 5 rings (SSSR count). The van der Waals surface area contributed by atoms with Crippen LogP contribution in [0.1, 0.15) is 56.2 Å². The topological polar surface area (TPSA) is 120 Å². The van der Waals surface area contributed by atoms with E-state index in [0.717, 1.165) is 49.0 Å². The first kappa shape index (κ1) is 30.0. The minimum Gasteiger partial charge on any atom is -0.489 e. The van der Waals surface area contributed by atoms with E-state index in [1.807, 2.05) is 30.3 Å². The molecule has 0 spiro atoms. The molecule has 1 aliphatic carbocycles. The molecule has 2 bridgehead atoms. The summed E-state index contributed by atoms with van der Waals surface area (Å²) >= 11 is 0. The number of nitrogens with one attached hydrogen (secondary N) is 3. The number of hydrogen-bond donors (Lipinski definition) is 4. The van der Waals surface area contributed by atoms with Crippen LogP contribution in [-0.2, 0) is 33.6 Å². The van der Waals surface area contributed by atoms with Crippen LogP contribution in [-0.4, -0.2) is 77.7 Å². The number of carbonyl (C=O) groups is 3. The molecule has 9 heteroatoms. The van der Waals surface area contributed by atoms with Crippen molar-refractivity contribution in [3.8, 4) is 5.75 Å². The van der Waals surface area contributed by atoms with Crippen molar-refractivity contribution in [2.45, 2.75) is 88.6 Å². The molecule has 2 aromatic carbocycles. The quantitative estimate of drug-likeness (QED) is 0.443. The third-order valence-corrected chi connectivity index (χ3v) is 8.61. The lowest BCUT2D eigenvalue weighted by Crippen LogP contribution is -2.63. The Labute approximate surface area is 248 Å². The van der Waals surface area contributed by atoms with E-state index in [9.17, 15) is 19.5 Å². The van der Waals surface area contributed by atoms with Gasteiger partial charge in [-0.05, 0) is 75.0 Å². The summed E-state index contributed by atoms with van der Waals surface area (Å²) in [5.41, 5.74) is 1.65. The molecule has 9 nitrogen and oxygen atoms in total. The molecule has 1 fully saturated rings. The highest BCUT2D eigenvalue weighted by Gasteiger charge is 2.45. The van der Waals surface area contributed by atoms with Gasteiger partial charge in [-0.1, -0.05) is 48.5 Å². The maximum atomic E-state index is 13.9. The van der Waals surface area contributed by atoms with E-state index in [1.54, 1.807) is 7.05 Å². The number of rotatable bonds is 4. The van der Waals surface area contributed by atoms with E-state index >= 15 is 0 Å². The highest BCUT2D eigenvalue weighted by molar-refractivity contribution is 5.94. The number of likely N-dealkylation sites (N-methyl/N-ethyl adjacent to an activating group) is 1. The second-order valence-electron chi connectivity index (χ2n) is 12.6. The van der Waals surface area contributed by atoms with Gasteiger partial charge in [-0.15, -0.1) is 0 Å². The van der Waals surface area contributed by atoms with Crippen LogP contribution >= 0.6 is 0 Å². The summed E-state index contributed by atoms with van der Waals surface area (Å²) in [4.78, 5) is 42.5. The van der Waals surface area contributed by atoms with Crippen molar-refractivity contribution in [3.05, 3.63) is 65.2 Å².